The number of nitrogens with zero attached hydrogens (tertiary/aromatic N) is 21. The van der Waals surface area contributed by atoms with Crippen molar-refractivity contribution in [3.8, 4) is 17.4 Å². The summed E-state index contributed by atoms with van der Waals surface area (Å²) >= 11 is 0. The molecule has 0 atom stereocenters. The topological polar surface area (TPSA) is 339 Å². The van der Waals surface area contributed by atoms with Crippen LogP contribution in [0.3, 0.4) is 0 Å². The number of ether oxygens (including phenoxy) is 3. The Morgan fingerprint density at radius 1 is 0.362 bits per heavy atom. The molecule has 0 unspecified atom stereocenters. The molecule has 33 heteroatoms. The third-order valence-corrected chi connectivity index (χ3v) is 19.5. The Morgan fingerprint density at radius 3 is 1.19 bits per heavy atom. The van der Waals surface area contributed by atoms with Gasteiger partial charge in [-0.3, -0.25) is 18.7 Å². The van der Waals surface area contributed by atoms with E-state index in [0.29, 0.717) is 54.7 Å². The van der Waals surface area contributed by atoms with Crippen molar-refractivity contribution in [2.24, 2.45) is 28.2 Å². The maximum atomic E-state index is 13.0. The van der Waals surface area contributed by atoms with E-state index in [9.17, 15) is 13.2 Å². The maximum Gasteiger partial charge on any atom is 0.419 e. The van der Waals surface area contributed by atoms with Crippen molar-refractivity contribution in [1.82, 2.24) is 104 Å². The van der Waals surface area contributed by atoms with E-state index in [2.05, 4.69) is 216 Å². The number of aromatic nitrogens is 21. The molecule has 0 spiro atoms. The van der Waals surface area contributed by atoms with Crippen molar-refractivity contribution in [2.45, 2.75) is 218 Å². The van der Waals surface area contributed by atoms with Gasteiger partial charge in [0.1, 0.15) is 24.8 Å². The maximum absolute atomic E-state index is 13.0. The molecule has 0 fully saturated rings. The first-order valence-electron chi connectivity index (χ1n) is 42.0. The molecule has 6 N–H and O–H groups in total. The van der Waals surface area contributed by atoms with Gasteiger partial charge in [0, 0.05) is 127 Å². The number of hydrogen-bond donors (Lipinski definition) is 6. The van der Waals surface area contributed by atoms with Gasteiger partial charge in [0.05, 0.1) is 98.7 Å². The van der Waals surface area contributed by atoms with Gasteiger partial charge in [-0.05, 0) is 119 Å². The molecule has 0 radical (unpaired) electrons. The van der Waals surface area contributed by atoms with Gasteiger partial charge in [-0.15, -0.1) is 0 Å². The summed E-state index contributed by atoms with van der Waals surface area (Å²) in [5.74, 6) is 7.38. The van der Waals surface area contributed by atoms with Crippen molar-refractivity contribution in [3.05, 3.63) is 214 Å². The number of hydrogen-bond acceptors (Lipinski definition) is 26. The molecule has 0 saturated heterocycles. The van der Waals surface area contributed by atoms with E-state index in [-0.39, 0.29) is 44.8 Å². The van der Waals surface area contributed by atoms with Crippen molar-refractivity contribution in [1.29, 1.82) is 0 Å². The summed E-state index contributed by atoms with van der Waals surface area (Å²) < 4.78 is 62.9. The highest BCUT2D eigenvalue weighted by atomic mass is 19.4. The van der Waals surface area contributed by atoms with E-state index < -0.39 is 17.2 Å². The minimum Gasteiger partial charge on any atom is -0.486 e. The van der Waals surface area contributed by atoms with Crippen LogP contribution in [0.5, 0.6) is 17.4 Å². The lowest BCUT2D eigenvalue weighted by Crippen LogP contribution is -2.22. The molecule has 0 aliphatic carbocycles. The number of pyridine rings is 1. The molecule has 12 heterocycles. The predicted molar refractivity (Wildman–Crippen MR) is 498 cm³/mol. The molecule has 3 aromatic carbocycles. The minimum absolute atomic E-state index is 0.00983. The number of anilines is 12. The van der Waals surface area contributed by atoms with E-state index in [0.717, 1.165) is 124 Å². The van der Waals surface area contributed by atoms with Gasteiger partial charge in [0.25, 0.3) is 0 Å². The second-order valence-corrected chi connectivity index (χ2v) is 37.4. The second-order valence-electron chi connectivity index (χ2n) is 37.4. The normalized spacial score (nSPS) is 12.2. The van der Waals surface area contributed by atoms with Gasteiger partial charge in [0.15, 0.2) is 17.3 Å². The Morgan fingerprint density at radius 2 is 0.756 bits per heavy atom. The number of para-hydroxylation sites is 2. The lowest BCUT2D eigenvalue weighted by Gasteiger charge is -2.23. The van der Waals surface area contributed by atoms with Gasteiger partial charge in [-0.1, -0.05) is 149 Å². The molecule has 14 aromatic rings. The fraction of sp³-hybridized carbons (Fsp3) is 0.415. The zero-order valence-corrected chi connectivity index (χ0v) is 78.6. The zero-order chi connectivity index (χ0) is 93.1. The fourth-order valence-electron chi connectivity index (χ4n) is 13.8. The van der Waals surface area contributed by atoms with E-state index in [1.165, 1.54) is 4.68 Å². The minimum atomic E-state index is -4.48. The molecule has 127 heavy (non-hydrogen) atoms. The Balaban J connectivity index is 0.000000159. The summed E-state index contributed by atoms with van der Waals surface area (Å²) in [5, 5.41) is 38.0. The first-order chi connectivity index (χ1) is 59.4. The van der Waals surface area contributed by atoms with Gasteiger partial charge in [0.2, 0.25) is 41.6 Å². The van der Waals surface area contributed by atoms with Gasteiger partial charge in [-0.25, -0.2) is 64.8 Å². The number of nitrogens with one attached hydrogen (secondary N) is 6. The predicted octanol–water partition coefficient (Wildman–Crippen LogP) is 20.9. The van der Waals surface area contributed by atoms with Gasteiger partial charge >= 0.3 is 6.18 Å². The zero-order valence-electron chi connectivity index (χ0n) is 78.6. The molecular formula is C94H122F3N27O3. The van der Waals surface area contributed by atoms with Crippen LogP contribution in [0.4, 0.5) is 83.4 Å². The van der Waals surface area contributed by atoms with Crippen LogP contribution in [0.2, 0.25) is 0 Å². The number of alkyl halides is 3. The van der Waals surface area contributed by atoms with Gasteiger partial charge in [-0.2, -0.15) is 33.6 Å². The molecule has 0 bridgehead atoms. The van der Waals surface area contributed by atoms with E-state index in [1.54, 1.807) is 57.2 Å². The van der Waals surface area contributed by atoms with Gasteiger partial charge < -0.3 is 46.1 Å². The summed E-state index contributed by atoms with van der Waals surface area (Å²) in [5.41, 5.74) is 13.8. The van der Waals surface area contributed by atoms with Crippen molar-refractivity contribution >= 4 is 92.0 Å². The summed E-state index contributed by atoms with van der Waals surface area (Å²) in [6, 6.07) is 27.2. The molecule has 1 aliphatic rings. The van der Waals surface area contributed by atoms with Crippen LogP contribution < -0.4 is 46.1 Å². The van der Waals surface area contributed by atoms with Crippen LogP contribution in [0.25, 0.3) is 21.8 Å². The highest BCUT2D eigenvalue weighted by Gasteiger charge is 2.39. The molecule has 30 nitrogen and oxygen atoms in total. The third-order valence-electron chi connectivity index (χ3n) is 19.5. The number of rotatable bonds is 14. The number of benzene rings is 3. The summed E-state index contributed by atoms with van der Waals surface area (Å²) in [6.45, 7) is 52.6. The number of halogens is 3. The number of aryl methyl sites for hydroxylation is 9. The van der Waals surface area contributed by atoms with Crippen LogP contribution in [0, 0.1) is 34.6 Å². The SMILES string of the molecule is Cc1cnc(Nc2ccc(OC(C)C)nc2)nc1C(C)(C)C.Cc1cnc(Nc2cccc3c2OCCO3)nc1C(C)(C)C.Cc1cnc(Nc2cccc3c2cnn3C)nc1C(C)(C)C.Cc1cnc(Nc2ccnn2C)nc1C(C)(C)C.Cc1cnc(Nc2nn(C)c3ccccc23)nc1C(C)(C)C.Cn1nccc1Nc1ncc(C(F)(F)F)c(C(C)(C)C)n1. The molecule has 1 aliphatic heterocycles. The van der Waals surface area contributed by atoms with Crippen LogP contribution in [-0.2, 0) is 66.9 Å². The lowest BCUT2D eigenvalue weighted by molar-refractivity contribution is -0.139. The van der Waals surface area contributed by atoms with Crippen LogP contribution in [-0.4, -0.2) is 123 Å². The average Bonchev–Trinajstić information content (AvgIpc) is 1.59. The Bertz CT molecular complexity index is 6070. The molecule has 11 aromatic heterocycles. The molecule has 0 saturated carbocycles. The monoisotopic (exact) mass is 1730 g/mol. The summed E-state index contributed by atoms with van der Waals surface area (Å²) in [4.78, 5) is 57.2. The Kier molecular flexibility index (Phi) is 29.8. The molecule has 672 valence electrons. The molecular weight excluding hydrogens is 1610 g/mol. The van der Waals surface area contributed by atoms with E-state index in [4.69, 9.17) is 19.2 Å². The Labute approximate surface area is 742 Å². The van der Waals surface area contributed by atoms with Crippen LogP contribution in [0.15, 0.2) is 147 Å². The third kappa shape index (κ3) is 25.7. The first-order valence-corrected chi connectivity index (χ1v) is 42.0. The van der Waals surface area contributed by atoms with Crippen LogP contribution >= 0.6 is 0 Å². The average molecular weight is 1740 g/mol. The second kappa shape index (κ2) is 39.5. The lowest BCUT2D eigenvalue weighted by atomic mass is 9.89. The largest absolute Gasteiger partial charge is 0.486 e. The quantitative estimate of drug-likeness (QED) is 0.0589. The fourth-order valence-corrected chi connectivity index (χ4v) is 13.8. The highest BCUT2D eigenvalue weighted by Crippen LogP contribution is 2.41. The Hall–Kier alpha value is -13.4. The smallest absolute Gasteiger partial charge is 0.419 e. The standard InChI is InChI=1S/2C17H21N5.C17H24N4O.C17H21N3O2.C13H16F3N5.C13H19N5/c1-11-9-18-16(21-15(11)17(2,3)4)20-13-7-6-8-14-12(13)10-19-22(14)5;1-11-10-18-16(19-14(11)17(2,3)4)20-15-12-8-6-7-9-13(12)22(5)21-15;1-11(2)22-14-8-7-13(10-18-14)20-16-19-9-12(3)15(21-16)17(4,5)6;1-11-10-18-16(20-15(11)17(2,3)4)19-12-6-5-7-13-14(12)22-9-8-21-13;1-12(2,3)10-8(13(14,15)16)7-17-11(20-10)19-9-5-6-18-21(9)4;1-9-8-14-12(17-11(9)13(2,3)4)16-10-6-7-15-18(10)5/h6-10H,1-5H3,(H,18,20,21);6-10H,1-5H3,(H,18,19,20,21);7-11H,1-6H3,(H,19,20,21);5-7,10H,8-9H2,1-4H3,(H,18,19,20);5-7H,1-4H3,(H,17,19,20);6-8H,1-5H3,(H,14,16,17). The molecule has 0 amide bonds. The highest BCUT2D eigenvalue weighted by molar-refractivity contribution is 5.93. The number of fused-ring (bicyclic) bond motifs is 3. The van der Waals surface area contributed by atoms with Crippen LogP contribution in [0.1, 0.15) is 206 Å². The van der Waals surface area contributed by atoms with Crippen molar-refractivity contribution in [3.63, 3.8) is 0 Å². The summed E-state index contributed by atoms with van der Waals surface area (Å²) in [7, 11) is 7.45. The van der Waals surface area contributed by atoms with Crippen molar-refractivity contribution < 1.29 is 27.4 Å². The van der Waals surface area contributed by atoms with Crippen molar-refractivity contribution in [2.75, 3.05) is 45.1 Å². The molecule has 15 rings (SSSR count). The van der Waals surface area contributed by atoms with E-state index >= 15 is 0 Å². The summed E-state index contributed by atoms with van der Waals surface area (Å²) in [6.07, 6.45) is 12.6. The van der Waals surface area contributed by atoms with E-state index in [1.807, 2.05) is 195 Å². The first kappa shape index (κ1) is 95.9.